The number of hydrogen-bond acceptors (Lipinski definition) is 5. The van der Waals surface area contributed by atoms with Crippen LogP contribution in [-0.4, -0.2) is 37.9 Å². The number of allylic oxidation sites excluding steroid dienone is 1. The summed E-state index contributed by atoms with van der Waals surface area (Å²) in [4.78, 5) is 14.8. The molecule has 1 amide bonds. The summed E-state index contributed by atoms with van der Waals surface area (Å²) < 4.78 is 7.94. The Morgan fingerprint density at radius 2 is 1.97 bits per heavy atom. The predicted octanol–water partition coefficient (Wildman–Crippen LogP) is 4.93. The van der Waals surface area contributed by atoms with E-state index in [2.05, 4.69) is 28.9 Å². The maximum Gasteiger partial charge on any atom is 0.233 e. The van der Waals surface area contributed by atoms with Crippen LogP contribution in [0.2, 0.25) is 5.02 Å². The first-order valence-electron chi connectivity index (χ1n) is 10.5. The third kappa shape index (κ3) is 5.00. The van der Waals surface area contributed by atoms with Gasteiger partial charge >= 0.3 is 0 Å². The number of fused-ring (bicyclic) bond motifs is 1. The first kappa shape index (κ1) is 22.4. The van der Waals surface area contributed by atoms with Crippen LogP contribution in [0.4, 0.5) is 0 Å². The molecule has 2 heterocycles. The fourth-order valence-corrected chi connectivity index (χ4v) is 4.76. The van der Waals surface area contributed by atoms with Crippen molar-refractivity contribution in [2.24, 2.45) is 0 Å². The van der Waals surface area contributed by atoms with E-state index in [1.807, 2.05) is 46.7 Å². The number of para-hydroxylation sites is 1. The van der Waals surface area contributed by atoms with Gasteiger partial charge in [-0.25, -0.2) is 0 Å². The molecule has 32 heavy (non-hydrogen) atoms. The van der Waals surface area contributed by atoms with Crippen LogP contribution in [0, 0.1) is 0 Å². The zero-order valence-corrected chi connectivity index (χ0v) is 19.5. The summed E-state index contributed by atoms with van der Waals surface area (Å²) in [5.74, 6) is 1.65. The van der Waals surface area contributed by atoms with Crippen molar-refractivity contribution in [1.29, 1.82) is 0 Å². The topological polar surface area (TPSA) is 60.2 Å². The van der Waals surface area contributed by atoms with Crippen molar-refractivity contribution in [3.63, 3.8) is 0 Å². The molecule has 0 spiro atoms. The van der Waals surface area contributed by atoms with Crippen LogP contribution >= 0.6 is 23.4 Å². The predicted molar refractivity (Wildman–Crippen MR) is 127 cm³/mol. The molecule has 0 aliphatic carbocycles. The van der Waals surface area contributed by atoms with Crippen molar-refractivity contribution >= 4 is 29.3 Å². The molecule has 0 saturated heterocycles. The van der Waals surface area contributed by atoms with Gasteiger partial charge in [0.15, 0.2) is 17.1 Å². The molecule has 8 heteroatoms. The van der Waals surface area contributed by atoms with Crippen LogP contribution < -0.4 is 4.74 Å². The average molecular weight is 469 g/mol. The summed E-state index contributed by atoms with van der Waals surface area (Å²) in [5, 5.41) is 9.86. The third-order valence-corrected chi connectivity index (χ3v) is 6.63. The normalized spacial score (nSPS) is 14.0. The van der Waals surface area contributed by atoms with E-state index in [0.29, 0.717) is 40.6 Å². The minimum Gasteiger partial charge on any atom is -0.481 e. The molecule has 1 atom stereocenters. The van der Waals surface area contributed by atoms with E-state index in [9.17, 15) is 4.79 Å². The number of aromatic nitrogens is 3. The highest BCUT2D eigenvalue weighted by molar-refractivity contribution is 7.99. The Hall–Kier alpha value is -2.77. The van der Waals surface area contributed by atoms with Crippen LogP contribution in [0.5, 0.6) is 5.75 Å². The molecule has 2 aromatic carbocycles. The molecule has 4 rings (SSSR count). The summed E-state index contributed by atoms with van der Waals surface area (Å²) in [6.07, 6.45) is 2.30. The van der Waals surface area contributed by atoms with Crippen molar-refractivity contribution < 1.29 is 9.53 Å². The molecule has 0 N–H and O–H groups in total. The number of nitrogens with zero attached hydrogens (tertiary/aromatic N) is 4. The number of thioether (sulfide) groups is 1. The largest absolute Gasteiger partial charge is 0.481 e. The van der Waals surface area contributed by atoms with Gasteiger partial charge in [-0.2, -0.15) is 0 Å². The van der Waals surface area contributed by atoms with Gasteiger partial charge in [0.2, 0.25) is 5.91 Å². The molecule has 0 saturated carbocycles. The zero-order valence-electron chi connectivity index (χ0n) is 17.9. The van der Waals surface area contributed by atoms with Gasteiger partial charge < -0.3 is 9.64 Å². The lowest BCUT2D eigenvalue weighted by Crippen LogP contribution is -2.37. The maximum atomic E-state index is 12.9. The Labute approximate surface area is 197 Å². The second kappa shape index (κ2) is 10.2. The van der Waals surface area contributed by atoms with Crippen molar-refractivity contribution in [2.45, 2.75) is 37.7 Å². The van der Waals surface area contributed by atoms with Crippen LogP contribution in [0.1, 0.15) is 30.0 Å². The monoisotopic (exact) mass is 468 g/mol. The summed E-state index contributed by atoms with van der Waals surface area (Å²) in [6.45, 7) is 7.66. The number of amides is 1. The minimum atomic E-state index is -0.369. The Balaban J connectivity index is 1.43. The minimum absolute atomic E-state index is 0.0968. The molecule has 1 aliphatic rings. The van der Waals surface area contributed by atoms with Gasteiger partial charge in [-0.05, 0) is 36.6 Å². The molecule has 1 unspecified atom stereocenters. The van der Waals surface area contributed by atoms with Gasteiger partial charge in [-0.15, -0.1) is 16.8 Å². The van der Waals surface area contributed by atoms with Crippen LogP contribution in [-0.2, 0) is 24.3 Å². The number of hydrogen-bond donors (Lipinski definition) is 0. The van der Waals surface area contributed by atoms with Crippen LogP contribution in [0.25, 0.3) is 0 Å². The number of ether oxygens (including phenoxy) is 1. The smallest absolute Gasteiger partial charge is 0.233 e. The molecule has 0 radical (unpaired) electrons. The SMILES string of the molecule is C=CCn1c(SCC(=O)N2CCc3ccccc3C2)nnc1C(C)Oc1ccccc1Cl. The lowest BCUT2D eigenvalue weighted by atomic mass is 10.00. The molecule has 1 aromatic heterocycles. The molecule has 1 aliphatic heterocycles. The first-order chi connectivity index (χ1) is 15.6. The lowest BCUT2D eigenvalue weighted by Gasteiger charge is -2.28. The van der Waals surface area contributed by atoms with E-state index in [-0.39, 0.29) is 12.0 Å². The molecule has 0 fully saturated rings. The van der Waals surface area contributed by atoms with E-state index in [1.165, 1.54) is 22.9 Å². The van der Waals surface area contributed by atoms with Crippen molar-refractivity contribution in [3.8, 4) is 5.75 Å². The van der Waals surface area contributed by atoms with Gasteiger partial charge in [0, 0.05) is 19.6 Å². The van der Waals surface area contributed by atoms with Gasteiger partial charge in [0.25, 0.3) is 0 Å². The van der Waals surface area contributed by atoms with E-state index in [1.54, 1.807) is 12.1 Å². The number of halogens is 1. The van der Waals surface area contributed by atoms with Crippen molar-refractivity contribution in [1.82, 2.24) is 19.7 Å². The van der Waals surface area contributed by atoms with Gasteiger partial charge in [-0.1, -0.05) is 65.8 Å². The molecule has 166 valence electrons. The second-order valence-corrected chi connectivity index (χ2v) is 8.90. The summed E-state index contributed by atoms with van der Waals surface area (Å²) in [5.41, 5.74) is 2.55. The fourth-order valence-electron chi connectivity index (χ4n) is 3.72. The van der Waals surface area contributed by atoms with Crippen molar-refractivity contribution in [2.75, 3.05) is 12.3 Å². The maximum absolute atomic E-state index is 12.9. The van der Waals surface area contributed by atoms with Gasteiger partial charge in [0.05, 0.1) is 10.8 Å². The summed E-state index contributed by atoms with van der Waals surface area (Å²) in [6, 6.07) is 15.6. The number of rotatable bonds is 8. The van der Waals surface area contributed by atoms with Crippen LogP contribution in [0.15, 0.2) is 66.3 Å². The van der Waals surface area contributed by atoms with E-state index in [0.717, 1.165) is 13.0 Å². The average Bonchev–Trinajstić information content (AvgIpc) is 3.21. The van der Waals surface area contributed by atoms with E-state index >= 15 is 0 Å². The van der Waals surface area contributed by atoms with Gasteiger partial charge in [0.1, 0.15) is 5.75 Å². The zero-order chi connectivity index (χ0) is 22.5. The fraction of sp³-hybridized carbons (Fsp3) is 0.292. The molecular weight excluding hydrogens is 444 g/mol. The van der Waals surface area contributed by atoms with Crippen LogP contribution in [0.3, 0.4) is 0 Å². The molecule has 0 bridgehead atoms. The standard InChI is InChI=1S/C24H25ClN4O2S/c1-3-13-29-23(17(2)31-21-11-7-6-10-20(21)25)26-27-24(29)32-16-22(30)28-14-12-18-8-4-5-9-19(18)15-28/h3-11,17H,1,12-16H2,2H3. The van der Waals surface area contributed by atoms with E-state index < -0.39 is 0 Å². The number of carbonyl (C=O) groups is 1. The van der Waals surface area contributed by atoms with Crippen molar-refractivity contribution in [3.05, 3.63) is 83.2 Å². The summed E-state index contributed by atoms with van der Waals surface area (Å²) in [7, 11) is 0. The Morgan fingerprint density at radius 3 is 2.75 bits per heavy atom. The van der Waals surface area contributed by atoms with E-state index in [4.69, 9.17) is 16.3 Å². The molecular formula is C24H25ClN4O2S. The third-order valence-electron chi connectivity index (χ3n) is 5.37. The highest BCUT2D eigenvalue weighted by atomic mass is 35.5. The second-order valence-electron chi connectivity index (χ2n) is 7.55. The quantitative estimate of drug-likeness (QED) is 0.346. The Morgan fingerprint density at radius 1 is 1.22 bits per heavy atom. The number of benzene rings is 2. The molecule has 3 aromatic rings. The summed E-state index contributed by atoms with van der Waals surface area (Å²) >= 11 is 7.61. The Kier molecular flexibility index (Phi) is 7.17. The molecule has 6 nitrogen and oxygen atoms in total. The van der Waals surface area contributed by atoms with Gasteiger partial charge in [-0.3, -0.25) is 9.36 Å². The number of carbonyl (C=O) groups excluding carboxylic acids is 1. The highest BCUT2D eigenvalue weighted by Crippen LogP contribution is 2.29. The highest BCUT2D eigenvalue weighted by Gasteiger charge is 2.23. The Bertz CT molecular complexity index is 1120. The first-order valence-corrected chi connectivity index (χ1v) is 11.9. The lowest BCUT2D eigenvalue weighted by molar-refractivity contribution is -0.129.